The molecule has 0 aliphatic carbocycles. The van der Waals surface area contributed by atoms with Crippen LogP contribution in [-0.2, 0) is 14.6 Å². The Kier molecular flexibility index (Phi) is 9.48. The molecule has 0 aromatic rings. The second kappa shape index (κ2) is 10.4. The van der Waals surface area contributed by atoms with Crippen LogP contribution in [0.1, 0.15) is 33.6 Å². The normalized spacial score (nSPS) is 24.7. The van der Waals surface area contributed by atoms with Crippen molar-refractivity contribution in [2.45, 2.75) is 44.4 Å². The molecule has 2 N–H and O–H groups in total. The monoisotopic (exact) mass is 518 g/mol. The molecule has 2 saturated heterocycles. The summed E-state index contributed by atoms with van der Waals surface area (Å²) in [6.07, 6.45) is 0.790. The fourth-order valence-corrected chi connectivity index (χ4v) is 5.88. The number of rotatable bonds is 5. The molecule has 2 rings (SSSR count). The summed E-state index contributed by atoms with van der Waals surface area (Å²) in [6.45, 7) is 9.56. The predicted octanol–water partition coefficient (Wildman–Crippen LogP) is 1.09. The lowest BCUT2D eigenvalue weighted by molar-refractivity contribution is -0.121. The summed E-state index contributed by atoms with van der Waals surface area (Å²) in [5.74, 6) is 2.02. The number of guanidine groups is 1. The molecule has 1 amide bonds. The number of hydrogen-bond acceptors (Lipinski definition) is 5. The van der Waals surface area contributed by atoms with Gasteiger partial charge in [-0.3, -0.25) is 9.79 Å². The number of carbonyl (C=O) groups is 1. The van der Waals surface area contributed by atoms with Gasteiger partial charge in [-0.15, -0.1) is 24.0 Å². The molecule has 0 spiro atoms. The number of amides is 1. The van der Waals surface area contributed by atoms with Gasteiger partial charge in [0.15, 0.2) is 15.8 Å². The van der Waals surface area contributed by atoms with Crippen molar-refractivity contribution >= 4 is 57.4 Å². The lowest BCUT2D eigenvalue weighted by atomic mass is 10.2. The second-order valence-electron chi connectivity index (χ2n) is 7.18. The van der Waals surface area contributed by atoms with Crippen LogP contribution in [-0.4, -0.2) is 79.4 Å². The molecule has 152 valence electrons. The van der Waals surface area contributed by atoms with Gasteiger partial charge in [0.1, 0.15) is 0 Å². The maximum Gasteiger partial charge on any atom is 0.222 e. The number of halogens is 1. The van der Waals surface area contributed by atoms with Crippen molar-refractivity contribution in [2.24, 2.45) is 4.99 Å². The number of aliphatic imine (C=N–C) groups is 1. The van der Waals surface area contributed by atoms with E-state index in [9.17, 15) is 13.2 Å². The molecule has 1 unspecified atom stereocenters. The van der Waals surface area contributed by atoms with E-state index >= 15 is 0 Å². The van der Waals surface area contributed by atoms with Crippen molar-refractivity contribution in [3.63, 3.8) is 0 Å². The molecule has 0 saturated carbocycles. The summed E-state index contributed by atoms with van der Waals surface area (Å²) >= 11 is 1.97. The van der Waals surface area contributed by atoms with Gasteiger partial charge in [0.2, 0.25) is 5.91 Å². The van der Waals surface area contributed by atoms with Crippen LogP contribution >= 0.6 is 35.7 Å². The second-order valence-corrected chi connectivity index (χ2v) is 11.2. The van der Waals surface area contributed by atoms with Crippen LogP contribution in [0.4, 0.5) is 0 Å². The molecular weight excluding hydrogens is 487 g/mol. The van der Waals surface area contributed by atoms with Gasteiger partial charge < -0.3 is 15.5 Å². The first-order valence-electron chi connectivity index (χ1n) is 8.88. The first kappa shape index (κ1) is 23.8. The first-order chi connectivity index (χ1) is 11.7. The third-order valence-electron chi connectivity index (χ3n) is 4.26. The van der Waals surface area contributed by atoms with Crippen LogP contribution in [0.25, 0.3) is 0 Å². The summed E-state index contributed by atoms with van der Waals surface area (Å²) in [5, 5.41) is 6.11. The molecule has 0 aromatic carbocycles. The Morgan fingerprint density at radius 1 is 1.38 bits per heavy atom. The summed E-state index contributed by atoms with van der Waals surface area (Å²) in [7, 11) is -2.97. The van der Waals surface area contributed by atoms with E-state index in [0.717, 1.165) is 31.3 Å². The molecule has 2 aliphatic heterocycles. The molecule has 2 fully saturated rings. The van der Waals surface area contributed by atoms with Crippen molar-refractivity contribution < 1.29 is 13.2 Å². The van der Waals surface area contributed by atoms with Crippen LogP contribution in [0.2, 0.25) is 0 Å². The topological polar surface area (TPSA) is 90.9 Å². The third-order valence-corrected chi connectivity index (χ3v) is 7.32. The van der Waals surface area contributed by atoms with Crippen LogP contribution in [0.15, 0.2) is 4.99 Å². The molecule has 26 heavy (non-hydrogen) atoms. The highest BCUT2D eigenvalue weighted by Gasteiger charge is 2.29. The van der Waals surface area contributed by atoms with Gasteiger partial charge >= 0.3 is 0 Å². The molecule has 10 heteroatoms. The van der Waals surface area contributed by atoms with Crippen LogP contribution in [0.3, 0.4) is 0 Å². The Morgan fingerprint density at radius 2 is 2.12 bits per heavy atom. The average Bonchev–Trinajstić information content (AvgIpc) is 2.84. The lowest BCUT2D eigenvalue weighted by Crippen LogP contribution is -2.51. The minimum atomic E-state index is -2.97. The Labute approximate surface area is 178 Å². The zero-order valence-corrected chi connectivity index (χ0v) is 19.7. The molecule has 2 aliphatic rings. The molecule has 0 bridgehead atoms. The molecule has 0 aromatic heterocycles. The first-order valence-corrected chi connectivity index (χ1v) is 11.7. The summed E-state index contributed by atoms with van der Waals surface area (Å²) < 4.78 is 23.1. The van der Waals surface area contributed by atoms with Crippen LogP contribution in [0, 0.1) is 0 Å². The Morgan fingerprint density at radius 3 is 2.69 bits per heavy atom. The van der Waals surface area contributed by atoms with E-state index in [-0.39, 0.29) is 58.6 Å². The highest BCUT2D eigenvalue weighted by atomic mass is 127. The van der Waals surface area contributed by atoms with Gasteiger partial charge in [0.05, 0.1) is 18.1 Å². The molecule has 2 heterocycles. The van der Waals surface area contributed by atoms with E-state index in [2.05, 4.69) is 34.4 Å². The molecular formula is C16H31IN4O3S2. The Hall–Kier alpha value is -0.230. The minimum absolute atomic E-state index is 0. The van der Waals surface area contributed by atoms with E-state index in [1.807, 2.05) is 18.7 Å². The van der Waals surface area contributed by atoms with Crippen molar-refractivity contribution in [3.8, 4) is 0 Å². The summed E-state index contributed by atoms with van der Waals surface area (Å²) in [6, 6.07) is -0.241. The maximum atomic E-state index is 12.0. The predicted molar refractivity (Wildman–Crippen MR) is 119 cm³/mol. The van der Waals surface area contributed by atoms with Gasteiger partial charge in [-0.1, -0.05) is 0 Å². The standard InChI is InChI=1S/C16H30N4O3S2.HI/c1-4-17-15(20-8-9-24-16(2,3)12-20)18-7-5-14(21)19-13-6-10-25(22,23)11-13;/h13H,4-12H2,1-3H3,(H,17,18)(H,19,21);1H. The van der Waals surface area contributed by atoms with E-state index < -0.39 is 9.84 Å². The summed E-state index contributed by atoms with van der Waals surface area (Å²) in [5.41, 5.74) is 0. The van der Waals surface area contributed by atoms with Crippen molar-refractivity contribution in [1.82, 2.24) is 15.5 Å². The highest BCUT2D eigenvalue weighted by molar-refractivity contribution is 14.0. The fourth-order valence-electron chi connectivity index (χ4n) is 3.10. The van der Waals surface area contributed by atoms with E-state index in [4.69, 9.17) is 0 Å². The zero-order chi connectivity index (χ0) is 18.5. The van der Waals surface area contributed by atoms with Crippen molar-refractivity contribution in [2.75, 3.05) is 43.4 Å². The molecule has 0 radical (unpaired) electrons. The van der Waals surface area contributed by atoms with E-state index in [0.29, 0.717) is 13.0 Å². The van der Waals surface area contributed by atoms with Gasteiger partial charge in [-0.25, -0.2) is 8.42 Å². The SMILES string of the molecule is CCNC(=NCCC(=O)NC1CCS(=O)(=O)C1)N1CCSC(C)(C)C1.I. The van der Waals surface area contributed by atoms with Crippen LogP contribution in [0.5, 0.6) is 0 Å². The van der Waals surface area contributed by atoms with E-state index in [1.54, 1.807) is 0 Å². The van der Waals surface area contributed by atoms with Gasteiger partial charge in [-0.2, -0.15) is 11.8 Å². The smallest absolute Gasteiger partial charge is 0.222 e. The van der Waals surface area contributed by atoms with Gasteiger partial charge in [0, 0.05) is 42.6 Å². The number of carbonyl (C=O) groups excluding carboxylic acids is 1. The number of nitrogens with one attached hydrogen (secondary N) is 2. The Balaban J connectivity index is 0.00000338. The average molecular weight is 518 g/mol. The van der Waals surface area contributed by atoms with Crippen LogP contribution < -0.4 is 10.6 Å². The maximum absolute atomic E-state index is 12.0. The van der Waals surface area contributed by atoms with E-state index in [1.165, 1.54) is 0 Å². The van der Waals surface area contributed by atoms with Gasteiger partial charge in [-0.05, 0) is 27.2 Å². The number of nitrogens with zero attached hydrogens (tertiary/aromatic N) is 2. The quantitative estimate of drug-likeness (QED) is 0.322. The fraction of sp³-hybridized carbons (Fsp3) is 0.875. The minimum Gasteiger partial charge on any atom is -0.357 e. The Bertz CT molecular complexity index is 611. The largest absolute Gasteiger partial charge is 0.357 e. The lowest BCUT2D eigenvalue weighted by Gasteiger charge is -2.39. The van der Waals surface area contributed by atoms with Gasteiger partial charge in [0.25, 0.3) is 0 Å². The van der Waals surface area contributed by atoms with Crippen molar-refractivity contribution in [1.29, 1.82) is 0 Å². The molecule has 1 atom stereocenters. The number of sulfone groups is 1. The third kappa shape index (κ3) is 7.79. The zero-order valence-electron chi connectivity index (χ0n) is 15.8. The number of hydrogen-bond donors (Lipinski definition) is 2. The summed E-state index contributed by atoms with van der Waals surface area (Å²) in [4.78, 5) is 18.9. The number of thioether (sulfide) groups is 1. The highest BCUT2D eigenvalue weighted by Crippen LogP contribution is 2.29. The molecule has 7 nitrogen and oxygen atoms in total. The van der Waals surface area contributed by atoms with Crippen molar-refractivity contribution in [3.05, 3.63) is 0 Å².